The number of carboxylic acids is 1. The highest BCUT2D eigenvalue weighted by Crippen LogP contribution is 2.40. The second kappa shape index (κ2) is 5.20. The van der Waals surface area contributed by atoms with Crippen LogP contribution in [0.1, 0.15) is 59.3 Å². The summed E-state index contributed by atoms with van der Waals surface area (Å²) in [7, 11) is 0. The molecule has 3 heteroatoms. The van der Waals surface area contributed by atoms with Gasteiger partial charge in [0, 0.05) is 6.04 Å². The zero-order valence-corrected chi connectivity index (χ0v) is 12.0. The highest BCUT2D eigenvalue weighted by molar-refractivity contribution is 5.73. The summed E-state index contributed by atoms with van der Waals surface area (Å²) in [6.45, 7) is 7.97. The molecule has 2 aliphatic rings. The van der Waals surface area contributed by atoms with Crippen LogP contribution in [0.2, 0.25) is 0 Å². The summed E-state index contributed by atoms with van der Waals surface area (Å²) < 4.78 is 0. The summed E-state index contributed by atoms with van der Waals surface area (Å²) in [5.41, 5.74) is 0.405. The van der Waals surface area contributed by atoms with Gasteiger partial charge in [0.2, 0.25) is 0 Å². The molecule has 0 aromatic carbocycles. The van der Waals surface area contributed by atoms with Crippen LogP contribution in [-0.4, -0.2) is 34.6 Å². The van der Waals surface area contributed by atoms with E-state index in [1.54, 1.807) is 0 Å². The molecule has 0 aromatic rings. The smallest absolute Gasteiger partial charge is 0.320 e. The third kappa shape index (κ3) is 2.87. The Morgan fingerprint density at radius 1 is 1.11 bits per heavy atom. The predicted molar refractivity (Wildman–Crippen MR) is 72.6 cm³/mol. The largest absolute Gasteiger partial charge is 0.480 e. The van der Waals surface area contributed by atoms with Crippen molar-refractivity contribution in [3.05, 3.63) is 0 Å². The maximum absolute atomic E-state index is 11.2. The summed E-state index contributed by atoms with van der Waals surface area (Å²) in [6.07, 6.45) is 6.79. The van der Waals surface area contributed by atoms with Crippen molar-refractivity contribution in [1.82, 2.24) is 4.90 Å². The van der Waals surface area contributed by atoms with Gasteiger partial charge in [-0.1, -0.05) is 20.8 Å². The van der Waals surface area contributed by atoms with Crippen LogP contribution in [0.3, 0.4) is 0 Å². The summed E-state index contributed by atoms with van der Waals surface area (Å²) in [6, 6.07) is 0.313. The molecule has 1 atom stereocenters. The lowest BCUT2D eigenvalue weighted by atomic mass is 9.71. The number of likely N-dealkylation sites (tertiary alicyclic amines) is 1. The lowest BCUT2D eigenvalue weighted by molar-refractivity contribution is -0.143. The van der Waals surface area contributed by atoms with Gasteiger partial charge >= 0.3 is 5.97 Å². The summed E-state index contributed by atoms with van der Waals surface area (Å²) in [4.78, 5) is 13.5. The van der Waals surface area contributed by atoms with Gasteiger partial charge in [0.05, 0.1) is 0 Å². The molecule has 1 saturated heterocycles. The highest BCUT2D eigenvalue weighted by Gasteiger charge is 2.38. The van der Waals surface area contributed by atoms with Crippen molar-refractivity contribution in [2.45, 2.75) is 71.4 Å². The Hall–Kier alpha value is -0.570. The van der Waals surface area contributed by atoms with Crippen LogP contribution in [0.4, 0.5) is 0 Å². The zero-order chi connectivity index (χ0) is 13.3. The molecule has 104 valence electrons. The SMILES string of the molecule is CC(C)(C)C1CCC(N2CCCC2C(=O)O)CC1. The molecule has 1 heterocycles. The number of carboxylic acid groups (broad SMARTS) is 1. The number of hydrogen-bond acceptors (Lipinski definition) is 2. The highest BCUT2D eigenvalue weighted by atomic mass is 16.4. The van der Waals surface area contributed by atoms with Gasteiger partial charge in [-0.15, -0.1) is 0 Å². The van der Waals surface area contributed by atoms with E-state index >= 15 is 0 Å². The topological polar surface area (TPSA) is 40.5 Å². The predicted octanol–water partition coefficient (Wildman–Crippen LogP) is 3.14. The molecule has 1 N–H and O–H groups in total. The Kier molecular flexibility index (Phi) is 4.00. The van der Waals surface area contributed by atoms with Crippen LogP contribution in [0.25, 0.3) is 0 Å². The molecule has 0 aromatic heterocycles. The van der Waals surface area contributed by atoms with E-state index in [0.717, 1.165) is 25.3 Å². The van der Waals surface area contributed by atoms with Crippen molar-refractivity contribution >= 4 is 5.97 Å². The number of rotatable bonds is 2. The Balaban J connectivity index is 1.91. The quantitative estimate of drug-likeness (QED) is 0.822. The third-order valence-corrected chi connectivity index (χ3v) is 4.97. The van der Waals surface area contributed by atoms with Crippen molar-refractivity contribution in [1.29, 1.82) is 0 Å². The van der Waals surface area contributed by atoms with E-state index < -0.39 is 5.97 Å². The molecule has 0 spiro atoms. The number of aliphatic carboxylic acids is 1. The zero-order valence-electron chi connectivity index (χ0n) is 12.0. The van der Waals surface area contributed by atoms with Gasteiger partial charge in [0.25, 0.3) is 0 Å². The molecule has 1 saturated carbocycles. The van der Waals surface area contributed by atoms with Crippen LogP contribution >= 0.6 is 0 Å². The third-order valence-electron chi connectivity index (χ3n) is 4.97. The van der Waals surface area contributed by atoms with Gasteiger partial charge in [-0.05, 0) is 56.4 Å². The minimum Gasteiger partial charge on any atom is -0.480 e. The van der Waals surface area contributed by atoms with Crippen molar-refractivity contribution in [3.63, 3.8) is 0 Å². The fourth-order valence-corrected chi connectivity index (χ4v) is 3.76. The molecule has 1 aliphatic carbocycles. The molecule has 1 aliphatic heterocycles. The Labute approximate surface area is 111 Å². The monoisotopic (exact) mass is 253 g/mol. The minimum atomic E-state index is -0.620. The van der Waals surface area contributed by atoms with Crippen molar-refractivity contribution in [2.75, 3.05) is 6.54 Å². The van der Waals surface area contributed by atoms with Gasteiger partial charge in [0.15, 0.2) is 0 Å². The lowest BCUT2D eigenvalue weighted by Crippen LogP contribution is -2.45. The molecule has 3 nitrogen and oxygen atoms in total. The summed E-state index contributed by atoms with van der Waals surface area (Å²) in [5.74, 6) is 0.185. The minimum absolute atomic E-state index is 0.207. The number of hydrogen-bond donors (Lipinski definition) is 1. The van der Waals surface area contributed by atoms with Gasteiger partial charge in [-0.25, -0.2) is 0 Å². The first kappa shape index (κ1) is 13.9. The second-order valence-corrected chi connectivity index (χ2v) is 7.11. The Bertz CT molecular complexity index is 300. The molecular formula is C15H27NO2. The maximum atomic E-state index is 11.2. The van der Waals surface area contributed by atoms with Crippen LogP contribution in [-0.2, 0) is 4.79 Å². The van der Waals surface area contributed by atoms with Crippen molar-refractivity contribution in [2.24, 2.45) is 11.3 Å². The molecular weight excluding hydrogens is 226 g/mol. The maximum Gasteiger partial charge on any atom is 0.320 e. The second-order valence-electron chi connectivity index (χ2n) is 7.11. The molecule has 0 radical (unpaired) electrons. The van der Waals surface area contributed by atoms with Crippen LogP contribution in [0.15, 0.2) is 0 Å². The normalized spacial score (nSPS) is 34.7. The van der Waals surface area contributed by atoms with E-state index in [9.17, 15) is 9.90 Å². The molecule has 18 heavy (non-hydrogen) atoms. The average Bonchev–Trinajstić information content (AvgIpc) is 2.77. The average molecular weight is 253 g/mol. The van der Waals surface area contributed by atoms with Crippen LogP contribution in [0.5, 0.6) is 0 Å². The fraction of sp³-hybridized carbons (Fsp3) is 0.933. The number of carbonyl (C=O) groups is 1. The van der Waals surface area contributed by atoms with E-state index in [1.807, 2.05) is 0 Å². The van der Waals surface area contributed by atoms with E-state index in [-0.39, 0.29) is 6.04 Å². The van der Waals surface area contributed by atoms with Gasteiger partial charge in [-0.3, -0.25) is 9.69 Å². The van der Waals surface area contributed by atoms with Gasteiger partial charge in [0.1, 0.15) is 6.04 Å². The molecule has 0 amide bonds. The van der Waals surface area contributed by atoms with Gasteiger partial charge < -0.3 is 5.11 Å². The Morgan fingerprint density at radius 2 is 1.72 bits per heavy atom. The first-order valence-corrected chi connectivity index (χ1v) is 7.38. The fourth-order valence-electron chi connectivity index (χ4n) is 3.76. The summed E-state index contributed by atoms with van der Waals surface area (Å²) >= 11 is 0. The van der Waals surface area contributed by atoms with Crippen molar-refractivity contribution < 1.29 is 9.90 Å². The van der Waals surface area contributed by atoms with Gasteiger partial charge in [-0.2, -0.15) is 0 Å². The standard InChI is InChI=1S/C15H27NO2/c1-15(2,3)11-6-8-12(9-7-11)16-10-4-5-13(16)14(17)18/h11-13H,4-10H2,1-3H3,(H,17,18). The van der Waals surface area contributed by atoms with Crippen LogP contribution < -0.4 is 0 Å². The molecule has 2 fully saturated rings. The molecule has 0 bridgehead atoms. The lowest BCUT2D eigenvalue weighted by Gasteiger charge is -2.41. The van der Waals surface area contributed by atoms with E-state index in [0.29, 0.717) is 11.5 Å². The van der Waals surface area contributed by atoms with Crippen molar-refractivity contribution in [3.8, 4) is 0 Å². The van der Waals surface area contributed by atoms with E-state index in [4.69, 9.17) is 0 Å². The first-order chi connectivity index (χ1) is 8.39. The first-order valence-electron chi connectivity index (χ1n) is 7.38. The molecule has 2 rings (SSSR count). The summed E-state index contributed by atoms with van der Waals surface area (Å²) in [5, 5.41) is 9.25. The Morgan fingerprint density at radius 3 is 2.22 bits per heavy atom. The van der Waals surface area contributed by atoms with E-state index in [2.05, 4.69) is 25.7 Å². The van der Waals surface area contributed by atoms with Crippen LogP contribution in [0, 0.1) is 11.3 Å². The molecule has 1 unspecified atom stereocenters. The number of nitrogens with zero attached hydrogens (tertiary/aromatic N) is 1. The van der Waals surface area contributed by atoms with E-state index in [1.165, 1.54) is 25.7 Å².